The quantitative estimate of drug-likeness (QED) is 0.350. The van der Waals surface area contributed by atoms with E-state index in [1.165, 1.54) is 12.1 Å². The highest BCUT2D eigenvalue weighted by atomic mass is 19.4. The van der Waals surface area contributed by atoms with Gasteiger partial charge in [0, 0.05) is 31.1 Å². The number of rotatable bonds is 7. The minimum absolute atomic E-state index is 0.0621. The van der Waals surface area contributed by atoms with Gasteiger partial charge >= 0.3 is 6.36 Å². The fourth-order valence-corrected chi connectivity index (χ4v) is 4.77. The molecule has 1 aromatic carbocycles. The van der Waals surface area contributed by atoms with E-state index in [0.717, 1.165) is 63.1 Å². The molecule has 6 nitrogen and oxygen atoms in total. The Kier molecular flexibility index (Phi) is 7.69. The van der Waals surface area contributed by atoms with E-state index < -0.39 is 6.36 Å². The van der Waals surface area contributed by atoms with Gasteiger partial charge in [-0.1, -0.05) is 12.1 Å². The number of carbonyl (C=O) groups is 1. The lowest BCUT2D eigenvalue weighted by Crippen LogP contribution is -2.57. The summed E-state index contributed by atoms with van der Waals surface area (Å²) < 4.78 is 41.4. The Morgan fingerprint density at radius 2 is 1.88 bits per heavy atom. The first-order valence-electron chi connectivity index (χ1n) is 11.2. The van der Waals surface area contributed by atoms with Crippen LogP contribution in [0.25, 0.3) is 0 Å². The first kappa shape index (κ1) is 24.4. The van der Waals surface area contributed by atoms with Crippen LogP contribution in [-0.4, -0.2) is 66.6 Å². The molecule has 0 N–H and O–H groups in total. The lowest BCUT2D eigenvalue weighted by atomic mass is 9.77. The number of benzene rings is 1. The van der Waals surface area contributed by atoms with Crippen molar-refractivity contribution in [2.75, 3.05) is 32.8 Å². The normalized spacial score (nSPS) is 24.8. The number of likely N-dealkylation sites (tertiary alicyclic amines) is 2. The Morgan fingerprint density at radius 1 is 1.22 bits per heavy atom. The first-order chi connectivity index (χ1) is 15.1. The molecule has 32 heavy (non-hydrogen) atoms. The zero-order valence-electron chi connectivity index (χ0n) is 18.9. The fourth-order valence-electron chi connectivity index (χ4n) is 4.77. The van der Waals surface area contributed by atoms with Gasteiger partial charge in [-0.15, -0.1) is 13.2 Å². The highest BCUT2D eigenvalue weighted by Crippen LogP contribution is 2.36. The van der Waals surface area contributed by atoms with Crippen molar-refractivity contribution in [1.82, 2.24) is 9.80 Å². The van der Waals surface area contributed by atoms with Gasteiger partial charge in [0.05, 0.1) is 5.71 Å². The van der Waals surface area contributed by atoms with Gasteiger partial charge in [-0.25, -0.2) is 0 Å². The maximum Gasteiger partial charge on any atom is 0.573 e. The van der Waals surface area contributed by atoms with Gasteiger partial charge in [-0.3, -0.25) is 9.69 Å². The topological polar surface area (TPSA) is 54.4 Å². The number of amides is 1. The van der Waals surface area contributed by atoms with Gasteiger partial charge in [-0.05, 0) is 75.4 Å². The van der Waals surface area contributed by atoms with Crippen molar-refractivity contribution in [2.45, 2.75) is 51.9 Å². The monoisotopic (exact) mass is 455 g/mol. The zero-order valence-corrected chi connectivity index (χ0v) is 18.9. The molecule has 2 unspecified atom stereocenters. The number of alkyl halides is 3. The number of piperidine rings is 2. The van der Waals surface area contributed by atoms with Gasteiger partial charge in [0.2, 0.25) is 6.41 Å². The van der Waals surface area contributed by atoms with Crippen LogP contribution < -0.4 is 4.74 Å². The Balaban J connectivity index is 1.72. The molecule has 0 radical (unpaired) electrons. The second-order valence-electron chi connectivity index (χ2n) is 8.92. The summed E-state index contributed by atoms with van der Waals surface area (Å²) in [5.74, 6) is 0.162. The molecule has 2 heterocycles. The highest BCUT2D eigenvalue weighted by Gasteiger charge is 2.40. The summed E-state index contributed by atoms with van der Waals surface area (Å²) in [7, 11) is 0. The van der Waals surface area contributed by atoms with Crippen molar-refractivity contribution in [3.8, 4) is 5.75 Å². The van der Waals surface area contributed by atoms with Gasteiger partial charge < -0.3 is 14.5 Å². The first-order valence-corrected chi connectivity index (χ1v) is 11.2. The summed E-state index contributed by atoms with van der Waals surface area (Å²) >= 11 is 0. The molecule has 3 rings (SSSR count). The van der Waals surface area contributed by atoms with E-state index in [2.05, 4.69) is 28.6 Å². The number of nitrogens with zero attached hydrogens (tertiary/aromatic N) is 3. The van der Waals surface area contributed by atoms with Gasteiger partial charge in [-0.2, -0.15) is 0 Å². The van der Waals surface area contributed by atoms with Gasteiger partial charge in [0.25, 0.3) is 0 Å². The van der Waals surface area contributed by atoms with E-state index in [1.54, 1.807) is 12.1 Å². The predicted octanol–water partition coefficient (Wildman–Crippen LogP) is 4.29. The van der Waals surface area contributed by atoms with Crippen molar-refractivity contribution in [3.05, 3.63) is 29.8 Å². The molecule has 0 aromatic heterocycles. The van der Waals surface area contributed by atoms with Crippen molar-refractivity contribution in [2.24, 2.45) is 17.0 Å². The molecule has 2 fully saturated rings. The standard InChI is InChI=1S/C23H32F3N3O3/c1-4-31-27-21(18-5-7-19(8-6-18)32-23(24,25)26)20-9-12-29(15-17(20)2)22(3)10-13-28(16-30)14-11-22/h5-8,16-17,20H,4,9-15H2,1-3H3. The van der Waals surface area contributed by atoms with Crippen LogP contribution in [0.4, 0.5) is 13.2 Å². The number of halogens is 3. The minimum Gasteiger partial charge on any atom is -0.406 e. The maximum absolute atomic E-state index is 12.5. The second kappa shape index (κ2) is 10.1. The van der Waals surface area contributed by atoms with Gasteiger partial charge in [0.1, 0.15) is 12.4 Å². The van der Waals surface area contributed by atoms with Crippen LogP contribution in [0.3, 0.4) is 0 Å². The molecule has 2 atom stereocenters. The Morgan fingerprint density at radius 3 is 2.41 bits per heavy atom. The smallest absolute Gasteiger partial charge is 0.406 e. The summed E-state index contributed by atoms with van der Waals surface area (Å²) in [4.78, 5) is 20.8. The summed E-state index contributed by atoms with van der Waals surface area (Å²) in [6.07, 6.45) is -1.02. The number of hydrogen-bond acceptors (Lipinski definition) is 5. The number of hydrogen-bond donors (Lipinski definition) is 0. The van der Waals surface area contributed by atoms with Crippen LogP contribution >= 0.6 is 0 Å². The molecule has 2 saturated heterocycles. The van der Waals surface area contributed by atoms with Crippen molar-refractivity contribution < 1.29 is 27.5 Å². The molecule has 0 aliphatic carbocycles. The molecular weight excluding hydrogens is 423 g/mol. The molecule has 0 bridgehead atoms. The molecule has 9 heteroatoms. The van der Waals surface area contributed by atoms with E-state index in [-0.39, 0.29) is 23.1 Å². The van der Waals surface area contributed by atoms with Crippen molar-refractivity contribution in [3.63, 3.8) is 0 Å². The SMILES string of the molecule is CCON=C(c1ccc(OC(F)(F)F)cc1)C1CCN(C2(C)CCN(C=O)CC2)CC1C. The predicted molar refractivity (Wildman–Crippen MR) is 115 cm³/mol. The van der Waals surface area contributed by atoms with Crippen LogP contribution in [0.5, 0.6) is 5.75 Å². The lowest BCUT2D eigenvalue weighted by Gasteiger charge is -2.50. The van der Waals surface area contributed by atoms with Crippen molar-refractivity contribution >= 4 is 12.1 Å². The molecule has 1 aromatic rings. The zero-order chi connectivity index (χ0) is 23.4. The summed E-state index contributed by atoms with van der Waals surface area (Å²) in [6, 6.07) is 5.83. The molecule has 0 spiro atoms. The molecule has 178 valence electrons. The molecule has 0 saturated carbocycles. The third-order valence-corrected chi connectivity index (χ3v) is 6.72. The van der Waals surface area contributed by atoms with E-state index in [9.17, 15) is 18.0 Å². The van der Waals surface area contributed by atoms with Crippen LogP contribution in [-0.2, 0) is 9.63 Å². The minimum atomic E-state index is -4.72. The van der Waals surface area contributed by atoms with Gasteiger partial charge in [0.15, 0.2) is 0 Å². The Hall–Kier alpha value is -2.29. The van der Waals surface area contributed by atoms with E-state index >= 15 is 0 Å². The van der Waals surface area contributed by atoms with E-state index in [4.69, 9.17) is 4.84 Å². The second-order valence-corrected chi connectivity index (χ2v) is 8.92. The maximum atomic E-state index is 12.5. The lowest BCUT2D eigenvalue weighted by molar-refractivity contribution is -0.274. The highest BCUT2D eigenvalue weighted by molar-refractivity contribution is 6.02. The van der Waals surface area contributed by atoms with Crippen LogP contribution in [0.15, 0.2) is 29.4 Å². The average Bonchev–Trinajstić information content (AvgIpc) is 2.75. The number of carbonyl (C=O) groups excluding carboxylic acids is 1. The molecular formula is C23H32F3N3O3. The van der Waals surface area contributed by atoms with Crippen molar-refractivity contribution in [1.29, 1.82) is 0 Å². The summed E-state index contributed by atoms with van der Waals surface area (Å²) in [6.45, 7) is 10.1. The third kappa shape index (κ3) is 5.94. The molecule has 2 aliphatic heterocycles. The molecule has 1 amide bonds. The van der Waals surface area contributed by atoms with E-state index in [1.807, 2.05) is 11.8 Å². The molecule has 2 aliphatic rings. The van der Waals surface area contributed by atoms with Crippen LogP contribution in [0.1, 0.15) is 45.6 Å². The summed E-state index contributed by atoms with van der Waals surface area (Å²) in [5, 5.41) is 4.36. The largest absolute Gasteiger partial charge is 0.573 e. The third-order valence-electron chi connectivity index (χ3n) is 6.72. The Labute approximate surface area is 187 Å². The summed E-state index contributed by atoms with van der Waals surface area (Å²) in [5.41, 5.74) is 1.56. The number of ether oxygens (including phenoxy) is 1. The fraction of sp³-hybridized carbons (Fsp3) is 0.652. The van der Waals surface area contributed by atoms with Crippen LogP contribution in [0, 0.1) is 11.8 Å². The average molecular weight is 456 g/mol. The Bertz CT molecular complexity index is 790. The van der Waals surface area contributed by atoms with E-state index in [0.29, 0.717) is 6.61 Å². The number of oxime groups is 1. The van der Waals surface area contributed by atoms with Crippen LogP contribution in [0.2, 0.25) is 0 Å².